The highest BCUT2D eigenvalue weighted by molar-refractivity contribution is 9.10. The molecule has 1 heterocycles. The highest BCUT2D eigenvalue weighted by Gasteiger charge is 2.20. The number of nitrogens with one attached hydrogen (secondary N) is 1. The minimum absolute atomic E-state index is 0.272. The van der Waals surface area contributed by atoms with E-state index in [2.05, 4.69) is 26.2 Å². The van der Waals surface area contributed by atoms with Crippen LogP contribution in [0.25, 0.3) is 0 Å². The van der Waals surface area contributed by atoms with Crippen molar-refractivity contribution in [3.63, 3.8) is 0 Å². The molecule has 0 bridgehead atoms. The van der Waals surface area contributed by atoms with Gasteiger partial charge < -0.3 is 10.1 Å². The fourth-order valence-electron chi connectivity index (χ4n) is 1.84. The maximum Gasteiger partial charge on any atom is 0.238 e. The van der Waals surface area contributed by atoms with E-state index in [4.69, 9.17) is 16.3 Å². The number of hydrogen-bond donors (Lipinski definition) is 1. The zero-order chi connectivity index (χ0) is 14.8. The molecule has 1 fully saturated rings. The monoisotopic (exact) mass is 370 g/mol. The van der Waals surface area contributed by atoms with Crippen LogP contribution in [0, 0.1) is 5.82 Å². The molecule has 0 amide bonds. The first kappa shape index (κ1) is 14.8. The summed E-state index contributed by atoms with van der Waals surface area (Å²) in [6, 6.07) is 6.95. The van der Waals surface area contributed by atoms with E-state index in [0.29, 0.717) is 21.3 Å². The first-order chi connectivity index (χ1) is 10.1. The van der Waals surface area contributed by atoms with E-state index < -0.39 is 5.82 Å². The molecule has 1 saturated carbocycles. The van der Waals surface area contributed by atoms with Crippen LogP contribution in [0.15, 0.2) is 34.9 Å². The van der Waals surface area contributed by atoms with Gasteiger partial charge in [-0.1, -0.05) is 11.6 Å². The Kier molecular flexibility index (Phi) is 4.42. The van der Waals surface area contributed by atoms with E-state index in [-0.39, 0.29) is 5.88 Å². The van der Waals surface area contributed by atoms with Crippen molar-refractivity contribution in [2.45, 2.75) is 25.4 Å². The lowest BCUT2D eigenvalue weighted by atomic mass is 10.3. The number of ether oxygens (including phenoxy) is 1. The van der Waals surface area contributed by atoms with Crippen molar-refractivity contribution in [2.75, 3.05) is 0 Å². The normalized spacial score (nSPS) is 14.2. The molecule has 0 radical (unpaired) electrons. The molecule has 1 aliphatic carbocycles. The Balaban J connectivity index is 1.70. The summed E-state index contributed by atoms with van der Waals surface area (Å²) < 4.78 is 19.3. The largest absolute Gasteiger partial charge is 0.437 e. The molecular formula is C15H13BrClFN2O. The van der Waals surface area contributed by atoms with Gasteiger partial charge in [0.25, 0.3) is 0 Å². The predicted molar refractivity (Wildman–Crippen MR) is 83.3 cm³/mol. The van der Waals surface area contributed by atoms with Crippen LogP contribution in [0.2, 0.25) is 5.02 Å². The minimum atomic E-state index is -0.395. The topological polar surface area (TPSA) is 34.1 Å². The second-order valence-electron chi connectivity index (χ2n) is 4.96. The van der Waals surface area contributed by atoms with Gasteiger partial charge in [0.15, 0.2) is 0 Å². The average Bonchev–Trinajstić information content (AvgIpc) is 3.27. The zero-order valence-electron chi connectivity index (χ0n) is 11.1. The summed E-state index contributed by atoms with van der Waals surface area (Å²) in [7, 11) is 0. The zero-order valence-corrected chi connectivity index (χ0v) is 13.4. The van der Waals surface area contributed by atoms with E-state index in [1.165, 1.54) is 18.9 Å². The van der Waals surface area contributed by atoms with Crippen molar-refractivity contribution in [1.29, 1.82) is 0 Å². The number of pyridine rings is 1. The van der Waals surface area contributed by atoms with Gasteiger partial charge in [-0.2, -0.15) is 0 Å². The highest BCUT2D eigenvalue weighted by Crippen LogP contribution is 2.30. The van der Waals surface area contributed by atoms with Crippen LogP contribution in [0.3, 0.4) is 0 Å². The molecule has 6 heteroatoms. The van der Waals surface area contributed by atoms with Crippen LogP contribution in [0.1, 0.15) is 18.4 Å². The third-order valence-corrected chi connectivity index (χ3v) is 4.06. The third-order valence-electron chi connectivity index (χ3n) is 3.14. The first-order valence-electron chi connectivity index (χ1n) is 6.62. The molecule has 0 atom stereocenters. The van der Waals surface area contributed by atoms with E-state index in [0.717, 1.165) is 12.1 Å². The highest BCUT2D eigenvalue weighted by atomic mass is 79.9. The van der Waals surface area contributed by atoms with Crippen molar-refractivity contribution in [3.05, 3.63) is 51.3 Å². The summed E-state index contributed by atoms with van der Waals surface area (Å²) >= 11 is 9.26. The second kappa shape index (κ2) is 6.30. The Morgan fingerprint density at radius 1 is 1.38 bits per heavy atom. The van der Waals surface area contributed by atoms with Gasteiger partial charge in [-0.25, -0.2) is 9.37 Å². The van der Waals surface area contributed by atoms with Gasteiger partial charge >= 0.3 is 0 Å². The van der Waals surface area contributed by atoms with Crippen molar-refractivity contribution >= 4 is 27.5 Å². The quantitative estimate of drug-likeness (QED) is 0.828. The van der Waals surface area contributed by atoms with Crippen LogP contribution < -0.4 is 10.1 Å². The van der Waals surface area contributed by atoms with Gasteiger partial charge in [0.05, 0.1) is 4.47 Å². The number of benzene rings is 1. The molecule has 1 aromatic heterocycles. The summed E-state index contributed by atoms with van der Waals surface area (Å²) in [6.45, 7) is 0.741. The number of rotatable bonds is 5. The molecular weight excluding hydrogens is 359 g/mol. The molecule has 0 saturated heterocycles. The van der Waals surface area contributed by atoms with Gasteiger partial charge in [0.2, 0.25) is 5.88 Å². The van der Waals surface area contributed by atoms with Gasteiger partial charge in [0.1, 0.15) is 16.6 Å². The smallest absolute Gasteiger partial charge is 0.238 e. The molecule has 0 spiro atoms. The molecule has 1 aliphatic rings. The Morgan fingerprint density at radius 3 is 2.86 bits per heavy atom. The molecule has 0 unspecified atom stereocenters. The van der Waals surface area contributed by atoms with Gasteiger partial charge in [-0.05, 0) is 52.5 Å². The third kappa shape index (κ3) is 3.93. The molecule has 1 aromatic carbocycles. The van der Waals surface area contributed by atoms with Crippen LogP contribution in [0.4, 0.5) is 4.39 Å². The van der Waals surface area contributed by atoms with Crippen LogP contribution >= 0.6 is 27.5 Å². The molecule has 3 rings (SSSR count). The standard InChI is InChI=1S/C15H13BrClFN2O/c16-12-4-3-11(6-14(12)18)21-15-13(17)5-9(8-20-15)7-19-10-1-2-10/h3-6,8,10,19H,1-2,7H2. The van der Waals surface area contributed by atoms with Crippen LogP contribution in [-0.2, 0) is 6.54 Å². The number of aromatic nitrogens is 1. The van der Waals surface area contributed by atoms with Crippen molar-refractivity contribution < 1.29 is 9.13 Å². The van der Waals surface area contributed by atoms with Crippen LogP contribution in [-0.4, -0.2) is 11.0 Å². The van der Waals surface area contributed by atoms with Crippen molar-refractivity contribution in [1.82, 2.24) is 10.3 Å². The summed E-state index contributed by atoms with van der Waals surface area (Å²) in [5, 5.41) is 3.80. The Morgan fingerprint density at radius 2 is 2.19 bits per heavy atom. The molecule has 21 heavy (non-hydrogen) atoms. The number of halogens is 3. The van der Waals surface area contributed by atoms with E-state index in [1.807, 2.05) is 6.07 Å². The Bertz CT molecular complexity index is 664. The van der Waals surface area contributed by atoms with Gasteiger partial charge in [-0.15, -0.1) is 0 Å². The summed E-state index contributed by atoms with van der Waals surface area (Å²) in [4.78, 5) is 4.20. The van der Waals surface area contributed by atoms with Crippen LogP contribution in [0.5, 0.6) is 11.6 Å². The lowest BCUT2D eigenvalue weighted by molar-refractivity contribution is 0.457. The Hall–Kier alpha value is -1.17. The number of hydrogen-bond acceptors (Lipinski definition) is 3. The molecule has 3 nitrogen and oxygen atoms in total. The predicted octanol–water partition coefficient (Wildman–Crippen LogP) is 4.68. The first-order valence-corrected chi connectivity index (χ1v) is 7.79. The lowest BCUT2D eigenvalue weighted by Gasteiger charge is -2.09. The lowest BCUT2D eigenvalue weighted by Crippen LogP contribution is -2.15. The summed E-state index contributed by atoms with van der Waals surface area (Å²) in [5.41, 5.74) is 1.00. The summed E-state index contributed by atoms with van der Waals surface area (Å²) in [5.74, 6) is 0.233. The molecule has 0 aliphatic heterocycles. The van der Waals surface area contributed by atoms with Crippen molar-refractivity contribution in [2.24, 2.45) is 0 Å². The van der Waals surface area contributed by atoms with E-state index in [1.54, 1.807) is 18.3 Å². The summed E-state index contributed by atoms with van der Waals surface area (Å²) in [6.07, 6.45) is 4.18. The average molecular weight is 372 g/mol. The molecule has 2 aromatic rings. The fourth-order valence-corrected chi connectivity index (χ4v) is 2.31. The van der Waals surface area contributed by atoms with Crippen molar-refractivity contribution in [3.8, 4) is 11.6 Å². The molecule has 1 N–H and O–H groups in total. The van der Waals surface area contributed by atoms with E-state index in [9.17, 15) is 4.39 Å². The Labute approximate surface area is 135 Å². The SMILES string of the molecule is Fc1cc(Oc2ncc(CNC3CC3)cc2Cl)ccc1Br. The molecule has 110 valence electrons. The minimum Gasteiger partial charge on any atom is -0.437 e. The fraction of sp³-hybridized carbons (Fsp3) is 0.267. The van der Waals surface area contributed by atoms with Gasteiger partial charge in [0, 0.05) is 24.8 Å². The van der Waals surface area contributed by atoms with Gasteiger partial charge in [-0.3, -0.25) is 0 Å². The maximum absolute atomic E-state index is 13.4. The second-order valence-corrected chi connectivity index (χ2v) is 6.23. The number of nitrogens with zero attached hydrogens (tertiary/aromatic N) is 1. The maximum atomic E-state index is 13.4. The van der Waals surface area contributed by atoms with E-state index >= 15 is 0 Å².